The third kappa shape index (κ3) is 4.00. The predicted molar refractivity (Wildman–Crippen MR) is 104 cm³/mol. The Hall–Kier alpha value is -2.12. The molecule has 0 radical (unpaired) electrons. The van der Waals surface area contributed by atoms with E-state index in [1.807, 2.05) is 24.3 Å². The van der Waals surface area contributed by atoms with Crippen LogP contribution in [0.15, 0.2) is 24.3 Å². The van der Waals surface area contributed by atoms with Crippen molar-refractivity contribution in [2.24, 2.45) is 0 Å². The zero-order chi connectivity index (χ0) is 19.4. The van der Waals surface area contributed by atoms with E-state index in [1.54, 1.807) is 4.90 Å². The van der Waals surface area contributed by atoms with Crippen LogP contribution in [-0.2, 0) is 20.9 Å². The van der Waals surface area contributed by atoms with Crippen molar-refractivity contribution < 1.29 is 19.1 Å². The molecular formula is C21H29N3O4. The molecule has 2 amide bonds. The molecule has 3 aliphatic rings. The standard InChI is InChI=1S/C21H29N3O4/c25-19(23-11-13-27-14-12-23)16-28-18-5-3-17(4-6-18)15-24-10-9-22-20(26)21(24)7-1-2-8-21/h3-6H,1-2,7-16H2,(H,22,26). The van der Waals surface area contributed by atoms with Crippen LogP contribution >= 0.6 is 0 Å². The lowest BCUT2D eigenvalue weighted by Gasteiger charge is -2.43. The molecule has 0 atom stereocenters. The molecular weight excluding hydrogens is 358 g/mol. The number of hydrogen-bond acceptors (Lipinski definition) is 5. The van der Waals surface area contributed by atoms with Gasteiger partial charge in [0.15, 0.2) is 6.61 Å². The fourth-order valence-corrected chi connectivity index (χ4v) is 4.52. The number of nitrogens with one attached hydrogen (secondary N) is 1. The van der Waals surface area contributed by atoms with Crippen molar-refractivity contribution in [3.8, 4) is 5.75 Å². The summed E-state index contributed by atoms with van der Waals surface area (Å²) in [7, 11) is 0. The van der Waals surface area contributed by atoms with Gasteiger partial charge in [-0.25, -0.2) is 0 Å². The molecule has 2 saturated heterocycles. The summed E-state index contributed by atoms with van der Waals surface area (Å²) in [6, 6.07) is 7.88. The van der Waals surface area contributed by atoms with Gasteiger partial charge in [-0.15, -0.1) is 0 Å². The molecule has 0 bridgehead atoms. The lowest BCUT2D eigenvalue weighted by Crippen LogP contribution is -2.63. The second-order valence-electron chi connectivity index (χ2n) is 7.84. The van der Waals surface area contributed by atoms with E-state index in [0.717, 1.165) is 44.3 Å². The van der Waals surface area contributed by atoms with Gasteiger partial charge in [0.2, 0.25) is 5.91 Å². The van der Waals surface area contributed by atoms with Gasteiger partial charge in [0, 0.05) is 32.7 Å². The first kappa shape index (κ1) is 19.2. The van der Waals surface area contributed by atoms with Crippen molar-refractivity contribution in [2.45, 2.75) is 37.8 Å². The molecule has 3 fully saturated rings. The first-order valence-corrected chi connectivity index (χ1v) is 10.3. The summed E-state index contributed by atoms with van der Waals surface area (Å²) in [5, 5.41) is 3.05. The fourth-order valence-electron chi connectivity index (χ4n) is 4.52. The van der Waals surface area contributed by atoms with E-state index < -0.39 is 0 Å². The Kier molecular flexibility index (Phi) is 5.82. The number of carbonyl (C=O) groups excluding carboxylic acids is 2. The largest absolute Gasteiger partial charge is 0.484 e. The van der Waals surface area contributed by atoms with Crippen LogP contribution in [0.4, 0.5) is 0 Å². The Labute approximate surface area is 166 Å². The van der Waals surface area contributed by atoms with Crippen molar-refractivity contribution in [3.05, 3.63) is 29.8 Å². The monoisotopic (exact) mass is 387 g/mol. The number of rotatable bonds is 5. The Balaban J connectivity index is 1.33. The molecule has 4 rings (SSSR count). The lowest BCUT2D eigenvalue weighted by atomic mass is 9.91. The third-order valence-electron chi connectivity index (χ3n) is 6.15. The number of nitrogens with zero attached hydrogens (tertiary/aromatic N) is 2. The van der Waals surface area contributed by atoms with Gasteiger partial charge in [-0.05, 0) is 30.5 Å². The second-order valence-corrected chi connectivity index (χ2v) is 7.84. The Morgan fingerprint density at radius 3 is 2.54 bits per heavy atom. The number of carbonyl (C=O) groups is 2. The summed E-state index contributed by atoms with van der Waals surface area (Å²) in [6.07, 6.45) is 4.13. The molecule has 0 aromatic heterocycles. The van der Waals surface area contributed by atoms with E-state index in [0.29, 0.717) is 38.6 Å². The highest BCUT2D eigenvalue weighted by atomic mass is 16.5. The van der Waals surface area contributed by atoms with Gasteiger partial charge in [-0.1, -0.05) is 25.0 Å². The topological polar surface area (TPSA) is 71.1 Å². The molecule has 28 heavy (non-hydrogen) atoms. The first-order chi connectivity index (χ1) is 13.7. The number of morpholine rings is 1. The molecule has 0 unspecified atom stereocenters. The van der Waals surface area contributed by atoms with Crippen LogP contribution in [0.25, 0.3) is 0 Å². The average Bonchev–Trinajstić information content (AvgIpc) is 3.22. The highest BCUT2D eigenvalue weighted by molar-refractivity contribution is 5.87. The maximum absolute atomic E-state index is 12.5. The van der Waals surface area contributed by atoms with Crippen molar-refractivity contribution in [1.29, 1.82) is 0 Å². The minimum atomic E-state index is -0.321. The summed E-state index contributed by atoms with van der Waals surface area (Å²) < 4.78 is 10.9. The summed E-state index contributed by atoms with van der Waals surface area (Å²) in [5.74, 6) is 0.880. The van der Waals surface area contributed by atoms with Crippen LogP contribution in [0.1, 0.15) is 31.2 Å². The minimum absolute atomic E-state index is 0.00474. The highest BCUT2D eigenvalue weighted by Crippen LogP contribution is 2.37. The van der Waals surface area contributed by atoms with Gasteiger partial charge in [0.05, 0.1) is 13.2 Å². The van der Waals surface area contributed by atoms with Crippen molar-refractivity contribution >= 4 is 11.8 Å². The second kappa shape index (κ2) is 8.49. The molecule has 1 aromatic rings. The maximum atomic E-state index is 12.5. The van der Waals surface area contributed by atoms with Crippen molar-refractivity contribution in [2.75, 3.05) is 46.0 Å². The quantitative estimate of drug-likeness (QED) is 0.821. The zero-order valence-electron chi connectivity index (χ0n) is 16.3. The van der Waals surface area contributed by atoms with Crippen LogP contribution in [-0.4, -0.2) is 73.2 Å². The van der Waals surface area contributed by atoms with E-state index in [-0.39, 0.29) is 24.0 Å². The summed E-state index contributed by atoms with van der Waals surface area (Å²) >= 11 is 0. The summed E-state index contributed by atoms with van der Waals surface area (Å²) in [5.41, 5.74) is 0.839. The highest BCUT2D eigenvalue weighted by Gasteiger charge is 2.47. The van der Waals surface area contributed by atoms with Gasteiger partial charge in [-0.2, -0.15) is 0 Å². The number of ether oxygens (including phenoxy) is 2. The minimum Gasteiger partial charge on any atom is -0.484 e. The molecule has 2 heterocycles. The van der Waals surface area contributed by atoms with Gasteiger partial charge in [0.25, 0.3) is 5.91 Å². The van der Waals surface area contributed by atoms with Crippen LogP contribution in [0.3, 0.4) is 0 Å². The number of amides is 2. The molecule has 7 nitrogen and oxygen atoms in total. The maximum Gasteiger partial charge on any atom is 0.260 e. The molecule has 1 N–H and O–H groups in total. The molecule has 1 saturated carbocycles. The molecule has 1 aliphatic carbocycles. The Morgan fingerprint density at radius 1 is 1.11 bits per heavy atom. The van der Waals surface area contributed by atoms with E-state index in [4.69, 9.17) is 9.47 Å². The number of benzene rings is 1. The van der Waals surface area contributed by atoms with Crippen molar-refractivity contribution in [3.63, 3.8) is 0 Å². The molecule has 1 aromatic carbocycles. The molecule has 7 heteroatoms. The number of hydrogen-bond donors (Lipinski definition) is 1. The first-order valence-electron chi connectivity index (χ1n) is 10.3. The predicted octanol–water partition coefficient (Wildman–Crippen LogP) is 1.17. The summed E-state index contributed by atoms with van der Waals surface area (Å²) in [4.78, 5) is 28.8. The van der Waals surface area contributed by atoms with Crippen LogP contribution in [0, 0.1) is 0 Å². The van der Waals surface area contributed by atoms with Gasteiger partial charge >= 0.3 is 0 Å². The van der Waals surface area contributed by atoms with E-state index >= 15 is 0 Å². The number of piperazine rings is 1. The molecule has 1 spiro atoms. The Morgan fingerprint density at radius 2 is 1.82 bits per heavy atom. The third-order valence-corrected chi connectivity index (χ3v) is 6.15. The van der Waals surface area contributed by atoms with Gasteiger partial charge < -0.3 is 19.7 Å². The smallest absolute Gasteiger partial charge is 0.260 e. The van der Waals surface area contributed by atoms with Gasteiger partial charge in [-0.3, -0.25) is 14.5 Å². The van der Waals surface area contributed by atoms with Crippen molar-refractivity contribution in [1.82, 2.24) is 15.1 Å². The Bertz CT molecular complexity index is 694. The van der Waals surface area contributed by atoms with Gasteiger partial charge in [0.1, 0.15) is 11.3 Å². The average molecular weight is 387 g/mol. The van der Waals surface area contributed by atoms with E-state index in [9.17, 15) is 9.59 Å². The van der Waals surface area contributed by atoms with E-state index in [2.05, 4.69) is 10.2 Å². The molecule has 152 valence electrons. The normalized spacial score (nSPS) is 22.3. The lowest BCUT2D eigenvalue weighted by molar-refractivity contribution is -0.138. The van der Waals surface area contributed by atoms with Crippen LogP contribution < -0.4 is 10.1 Å². The SMILES string of the molecule is O=C(COc1ccc(CN2CCNC(=O)C23CCCC3)cc1)N1CCOCC1. The zero-order valence-corrected chi connectivity index (χ0v) is 16.3. The molecule has 2 aliphatic heterocycles. The van der Waals surface area contributed by atoms with Crippen LogP contribution in [0.5, 0.6) is 5.75 Å². The summed E-state index contributed by atoms with van der Waals surface area (Å²) in [6.45, 7) is 4.87. The van der Waals surface area contributed by atoms with E-state index in [1.165, 1.54) is 0 Å². The fraction of sp³-hybridized carbons (Fsp3) is 0.619. The van der Waals surface area contributed by atoms with Crippen LogP contribution in [0.2, 0.25) is 0 Å².